The smallest absolute Gasteiger partial charge is 0.337 e. The van der Waals surface area contributed by atoms with Gasteiger partial charge in [0.1, 0.15) is 6.67 Å². The van der Waals surface area contributed by atoms with E-state index >= 15 is 0 Å². The average Bonchev–Trinajstić information content (AvgIpc) is 2.79. The molecule has 0 amide bonds. The van der Waals surface area contributed by atoms with Gasteiger partial charge in [0.05, 0.1) is 25.5 Å². The quantitative estimate of drug-likeness (QED) is 0.765. The van der Waals surface area contributed by atoms with Crippen LogP contribution in [-0.2, 0) is 9.57 Å². The summed E-state index contributed by atoms with van der Waals surface area (Å²) in [5, 5.41) is 1.79. The first-order chi connectivity index (χ1) is 8.65. The number of hydroxylamine groups is 2. The van der Waals surface area contributed by atoms with Crippen LogP contribution in [0.2, 0.25) is 0 Å². The van der Waals surface area contributed by atoms with E-state index in [4.69, 9.17) is 4.84 Å². The third kappa shape index (κ3) is 2.31. The molecule has 1 aromatic rings. The molecule has 0 spiro atoms. The predicted octanol–water partition coefficient (Wildman–Crippen LogP) is 1.98. The lowest BCUT2D eigenvalue weighted by molar-refractivity contribution is -0.0905. The Morgan fingerprint density at radius 1 is 1.22 bits per heavy atom. The zero-order valence-corrected chi connectivity index (χ0v) is 10.7. The second-order valence-corrected chi connectivity index (χ2v) is 3.98. The monoisotopic (exact) mass is 248 g/mol. The standard InChI is InChI=1S/C13H16N2O3/c1-10-8-14(9-15(10)18-3)12-6-4-11(5-7-12)13(16)17-2/h4-8H,9H2,1-3H3. The number of ether oxygens (including phenoxy) is 1. The second-order valence-electron chi connectivity index (χ2n) is 3.98. The lowest BCUT2D eigenvalue weighted by Crippen LogP contribution is -2.25. The molecule has 0 radical (unpaired) electrons. The van der Waals surface area contributed by atoms with Gasteiger partial charge < -0.3 is 9.64 Å². The first kappa shape index (κ1) is 12.4. The van der Waals surface area contributed by atoms with Gasteiger partial charge in [-0.15, -0.1) is 0 Å². The summed E-state index contributed by atoms with van der Waals surface area (Å²) in [6, 6.07) is 7.27. The summed E-state index contributed by atoms with van der Waals surface area (Å²) in [5.41, 5.74) is 2.58. The topological polar surface area (TPSA) is 42.0 Å². The van der Waals surface area contributed by atoms with E-state index in [1.807, 2.05) is 30.2 Å². The maximum Gasteiger partial charge on any atom is 0.337 e. The number of methoxy groups -OCH3 is 1. The fraction of sp³-hybridized carbons (Fsp3) is 0.308. The predicted molar refractivity (Wildman–Crippen MR) is 67.7 cm³/mol. The van der Waals surface area contributed by atoms with Crippen LogP contribution >= 0.6 is 0 Å². The van der Waals surface area contributed by atoms with Crippen molar-refractivity contribution in [1.82, 2.24) is 5.06 Å². The molecule has 1 aliphatic rings. The molecular formula is C13H16N2O3. The van der Waals surface area contributed by atoms with Gasteiger partial charge in [0.2, 0.25) is 0 Å². The minimum Gasteiger partial charge on any atom is -0.465 e. The SMILES string of the molecule is COC(=O)c1ccc(N2C=C(C)N(OC)C2)cc1. The van der Waals surface area contributed by atoms with Gasteiger partial charge in [-0.1, -0.05) is 0 Å². The molecule has 96 valence electrons. The molecule has 0 aliphatic carbocycles. The van der Waals surface area contributed by atoms with Gasteiger partial charge in [0, 0.05) is 11.9 Å². The number of nitrogens with zero attached hydrogens (tertiary/aromatic N) is 2. The van der Waals surface area contributed by atoms with Crippen molar-refractivity contribution in [1.29, 1.82) is 0 Å². The van der Waals surface area contributed by atoms with Crippen molar-refractivity contribution in [3.8, 4) is 0 Å². The Hall–Kier alpha value is -2.01. The van der Waals surface area contributed by atoms with E-state index in [0.29, 0.717) is 12.2 Å². The average molecular weight is 248 g/mol. The van der Waals surface area contributed by atoms with Crippen LogP contribution in [0.5, 0.6) is 0 Å². The van der Waals surface area contributed by atoms with Gasteiger partial charge in [-0.25, -0.2) is 9.86 Å². The lowest BCUT2D eigenvalue weighted by atomic mass is 10.2. The van der Waals surface area contributed by atoms with Gasteiger partial charge in [-0.05, 0) is 31.2 Å². The first-order valence-corrected chi connectivity index (χ1v) is 5.61. The summed E-state index contributed by atoms with van der Waals surface area (Å²) in [7, 11) is 3.01. The number of carbonyl (C=O) groups is 1. The molecule has 0 bridgehead atoms. The molecule has 0 saturated carbocycles. The van der Waals surface area contributed by atoms with Gasteiger partial charge in [-0.3, -0.25) is 4.84 Å². The Balaban J connectivity index is 2.14. The first-order valence-electron chi connectivity index (χ1n) is 5.61. The van der Waals surface area contributed by atoms with E-state index in [-0.39, 0.29) is 5.97 Å². The van der Waals surface area contributed by atoms with Crippen LogP contribution in [0.1, 0.15) is 17.3 Å². The second kappa shape index (κ2) is 5.10. The maximum absolute atomic E-state index is 11.3. The van der Waals surface area contributed by atoms with Crippen LogP contribution < -0.4 is 4.90 Å². The molecular weight excluding hydrogens is 232 g/mol. The van der Waals surface area contributed by atoms with Crippen LogP contribution in [0.25, 0.3) is 0 Å². The van der Waals surface area contributed by atoms with Crippen molar-refractivity contribution in [3.63, 3.8) is 0 Å². The van der Waals surface area contributed by atoms with Crippen molar-refractivity contribution >= 4 is 11.7 Å². The zero-order chi connectivity index (χ0) is 13.1. The summed E-state index contributed by atoms with van der Waals surface area (Å²) in [6.07, 6.45) is 2.00. The Kier molecular flexibility index (Phi) is 3.53. The third-order valence-corrected chi connectivity index (χ3v) is 2.86. The number of allylic oxidation sites excluding steroid dienone is 1. The molecule has 1 aromatic carbocycles. The molecule has 5 nitrogen and oxygen atoms in total. The van der Waals surface area contributed by atoms with Crippen LogP contribution in [0.3, 0.4) is 0 Å². The number of hydrogen-bond donors (Lipinski definition) is 0. The van der Waals surface area contributed by atoms with E-state index in [0.717, 1.165) is 11.4 Å². The van der Waals surface area contributed by atoms with Crippen molar-refractivity contribution in [2.75, 3.05) is 25.8 Å². The number of benzene rings is 1. The Bertz CT molecular complexity index is 468. The summed E-state index contributed by atoms with van der Waals surface area (Å²) >= 11 is 0. The highest BCUT2D eigenvalue weighted by Gasteiger charge is 2.18. The molecule has 0 unspecified atom stereocenters. The Morgan fingerprint density at radius 2 is 1.89 bits per heavy atom. The zero-order valence-electron chi connectivity index (χ0n) is 10.7. The lowest BCUT2D eigenvalue weighted by Gasteiger charge is -2.20. The Labute approximate surface area is 106 Å². The molecule has 0 aromatic heterocycles. The molecule has 0 atom stereocenters. The largest absolute Gasteiger partial charge is 0.465 e. The van der Waals surface area contributed by atoms with E-state index in [2.05, 4.69) is 4.74 Å². The molecule has 0 N–H and O–H groups in total. The highest BCUT2D eigenvalue weighted by molar-refractivity contribution is 5.89. The summed E-state index contributed by atoms with van der Waals surface area (Å²) in [5.74, 6) is -0.326. The van der Waals surface area contributed by atoms with E-state index in [1.54, 1.807) is 24.3 Å². The van der Waals surface area contributed by atoms with E-state index in [9.17, 15) is 4.79 Å². The summed E-state index contributed by atoms with van der Waals surface area (Å²) in [6.45, 7) is 2.62. The maximum atomic E-state index is 11.3. The molecule has 2 rings (SSSR count). The van der Waals surface area contributed by atoms with Crippen LogP contribution in [0.4, 0.5) is 5.69 Å². The minimum atomic E-state index is -0.326. The Morgan fingerprint density at radius 3 is 2.39 bits per heavy atom. The molecule has 0 fully saturated rings. The highest BCUT2D eigenvalue weighted by Crippen LogP contribution is 2.23. The number of anilines is 1. The number of esters is 1. The van der Waals surface area contributed by atoms with Crippen LogP contribution in [0.15, 0.2) is 36.2 Å². The van der Waals surface area contributed by atoms with Gasteiger partial charge in [-0.2, -0.15) is 0 Å². The van der Waals surface area contributed by atoms with Gasteiger partial charge in [0.15, 0.2) is 0 Å². The number of hydrogen-bond acceptors (Lipinski definition) is 5. The van der Waals surface area contributed by atoms with Crippen LogP contribution in [-0.4, -0.2) is 31.9 Å². The van der Waals surface area contributed by atoms with E-state index in [1.165, 1.54) is 7.11 Å². The molecule has 0 saturated heterocycles. The van der Waals surface area contributed by atoms with Crippen molar-refractivity contribution in [2.45, 2.75) is 6.92 Å². The fourth-order valence-corrected chi connectivity index (χ4v) is 1.85. The molecule has 18 heavy (non-hydrogen) atoms. The molecule has 5 heteroatoms. The number of carbonyl (C=O) groups excluding carboxylic acids is 1. The van der Waals surface area contributed by atoms with E-state index < -0.39 is 0 Å². The number of rotatable bonds is 3. The minimum absolute atomic E-state index is 0.326. The highest BCUT2D eigenvalue weighted by atomic mass is 16.7. The molecule has 1 aliphatic heterocycles. The third-order valence-electron chi connectivity index (χ3n) is 2.86. The van der Waals surface area contributed by atoms with Crippen molar-refractivity contribution in [2.24, 2.45) is 0 Å². The van der Waals surface area contributed by atoms with Crippen molar-refractivity contribution in [3.05, 3.63) is 41.7 Å². The summed E-state index contributed by atoms with van der Waals surface area (Å²) < 4.78 is 4.66. The van der Waals surface area contributed by atoms with Gasteiger partial charge >= 0.3 is 5.97 Å². The van der Waals surface area contributed by atoms with Crippen molar-refractivity contribution < 1.29 is 14.4 Å². The fourth-order valence-electron chi connectivity index (χ4n) is 1.85. The summed E-state index contributed by atoms with van der Waals surface area (Å²) in [4.78, 5) is 18.6. The van der Waals surface area contributed by atoms with Gasteiger partial charge in [0.25, 0.3) is 0 Å². The molecule has 1 heterocycles. The van der Waals surface area contributed by atoms with Crippen LogP contribution in [0, 0.1) is 0 Å². The normalized spacial score (nSPS) is 14.7.